The summed E-state index contributed by atoms with van der Waals surface area (Å²) in [6, 6.07) is 7.90. The number of nitrogens with zero attached hydrogens (tertiary/aromatic N) is 1. The van der Waals surface area contributed by atoms with Crippen molar-refractivity contribution in [1.29, 1.82) is 0 Å². The Morgan fingerprint density at radius 3 is 2.61 bits per heavy atom. The molecule has 23 heavy (non-hydrogen) atoms. The molecule has 0 unspecified atom stereocenters. The first-order valence-corrected chi connectivity index (χ1v) is 8.51. The summed E-state index contributed by atoms with van der Waals surface area (Å²) in [5, 5.41) is 3.05. The van der Waals surface area contributed by atoms with Crippen LogP contribution in [-0.2, 0) is 16.0 Å². The topological polar surface area (TPSA) is 49.4 Å². The number of aryl methyl sites for hydroxylation is 1. The molecule has 0 aliphatic carbocycles. The molecule has 126 valence electrons. The van der Waals surface area contributed by atoms with E-state index in [9.17, 15) is 9.59 Å². The molecule has 2 rings (SSSR count). The van der Waals surface area contributed by atoms with E-state index in [1.165, 1.54) is 0 Å². The Labute approximate surface area is 139 Å². The van der Waals surface area contributed by atoms with E-state index in [1.807, 2.05) is 49.9 Å². The summed E-state index contributed by atoms with van der Waals surface area (Å²) >= 11 is 0. The standard InChI is InChI=1S/C19H28N2O2/c1-5-14-9-6-7-11-16(14)20-17(22)15-10-8-12-21(13-15)18(23)19(2,3)4/h6-7,9,11,15H,5,8,10,12-13H2,1-4H3,(H,20,22)/t15-/m1/s1. The summed E-state index contributed by atoms with van der Waals surface area (Å²) < 4.78 is 0. The molecule has 1 heterocycles. The Bertz CT molecular complexity index is 575. The van der Waals surface area contributed by atoms with Gasteiger partial charge in [-0.1, -0.05) is 45.9 Å². The van der Waals surface area contributed by atoms with E-state index in [0.717, 1.165) is 37.1 Å². The van der Waals surface area contributed by atoms with Crippen LogP contribution in [-0.4, -0.2) is 29.8 Å². The van der Waals surface area contributed by atoms with Crippen LogP contribution < -0.4 is 5.32 Å². The molecule has 0 aromatic heterocycles. The first-order valence-electron chi connectivity index (χ1n) is 8.51. The monoisotopic (exact) mass is 316 g/mol. The minimum absolute atomic E-state index is 0.0253. The molecule has 0 radical (unpaired) electrons. The van der Waals surface area contributed by atoms with Crippen molar-refractivity contribution >= 4 is 17.5 Å². The molecule has 1 fully saturated rings. The second-order valence-electron chi connectivity index (χ2n) is 7.34. The highest BCUT2D eigenvalue weighted by Crippen LogP contribution is 2.25. The minimum atomic E-state index is -0.396. The first kappa shape index (κ1) is 17.5. The largest absolute Gasteiger partial charge is 0.341 e. The maximum atomic E-state index is 12.6. The second kappa shape index (κ2) is 7.16. The lowest BCUT2D eigenvalue weighted by Crippen LogP contribution is -2.47. The number of anilines is 1. The van der Waals surface area contributed by atoms with E-state index in [-0.39, 0.29) is 17.7 Å². The van der Waals surface area contributed by atoms with Crippen molar-refractivity contribution in [2.24, 2.45) is 11.3 Å². The number of piperidine rings is 1. The molecule has 1 N–H and O–H groups in total. The lowest BCUT2D eigenvalue weighted by Gasteiger charge is -2.36. The van der Waals surface area contributed by atoms with Crippen molar-refractivity contribution in [2.45, 2.75) is 47.0 Å². The van der Waals surface area contributed by atoms with Crippen LogP contribution in [0.1, 0.15) is 46.1 Å². The van der Waals surface area contributed by atoms with Gasteiger partial charge in [0.1, 0.15) is 0 Å². The maximum Gasteiger partial charge on any atom is 0.229 e. The van der Waals surface area contributed by atoms with Gasteiger partial charge in [-0.3, -0.25) is 9.59 Å². The Morgan fingerprint density at radius 1 is 1.26 bits per heavy atom. The molecule has 0 saturated carbocycles. The van der Waals surface area contributed by atoms with Crippen LogP contribution in [0.15, 0.2) is 24.3 Å². The molecule has 2 amide bonds. The van der Waals surface area contributed by atoms with Crippen molar-refractivity contribution in [3.8, 4) is 0 Å². The molecular weight excluding hydrogens is 288 g/mol. The van der Waals surface area contributed by atoms with Gasteiger partial charge in [0.25, 0.3) is 0 Å². The van der Waals surface area contributed by atoms with Gasteiger partial charge in [0, 0.05) is 24.2 Å². The molecule has 1 aromatic rings. The van der Waals surface area contributed by atoms with E-state index in [2.05, 4.69) is 12.2 Å². The Morgan fingerprint density at radius 2 is 1.96 bits per heavy atom. The van der Waals surface area contributed by atoms with Crippen LogP contribution in [0.25, 0.3) is 0 Å². The summed E-state index contributed by atoms with van der Waals surface area (Å²) in [5.74, 6) is 0.0289. The fourth-order valence-electron chi connectivity index (χ4n) is 3.04. The lowest BCUT2D eigenvalue weighted by molar-refractivity contribution is -0.142. The molecule has 4 heteroatoms. The maximum absolute atomic E-state index is 12.6. The Kier molecular flexibility index (Phi) is 5.45. The van der Waals surface area contributed by atoms with Crippen molar-refractivity contribution in [1.82, 2.24) is 4.90 Å². The number of hydrogen-bond donors (Lipinski definition) is 1. The zero-order valence-corrected chi connectivity index (χ0v) is 14.7. The Balaban J connectivity index is 2.03. The molecule has 0 spiro atoms. The van der Waals surface area contributed by atoms with Gasteiger partial charge in [-0.25, -0.2) is 0 Å². The Hall–Kier alpha value is -1.84. The minimum Gasteiger partial charge on any atom is -0.341 e. The normalized spacial score (nSPS) is 18.6. The number of nitrogens with one attached hydrogen (secondary N) is 1. The zero-order chi connectivity index (χ0) is 17.0. The van der Waals surface area contributed by atoms with Gasteiger partial charge in [0.2, 0.25) is 11.8 Å². The van der Waals surface area contributed by atoms with E-state index in [0.29, 0.717) is 6.54 Å². The summed E-state index contributed by atoms with van der Waals surface area (Å²) in [4.78, 5) is 26.9. The molecule has 1 atom stereocenters. The van der Waals surface area contributed by atoms with Gasteiger partial charge < -0.3 is 10.2 Å². The van der Waals surface area contributed by atoms with Crippen molar-refractivity contribution in [3.05, 3.63) is 29.8 Å². The molecule has 1 aromatic carbocycles. The molecule has 4 nitrogen and oxygen atoms in total. The molecular formula is C19H28N2O2. The average Bonchev–Trinajstić information content (AvgIpc) is 2.54. The van der Waals surface area contributed by atoms with E-state index in [4.69, 9.17) is 0 Å². The quantitative estimate of drug-likeness (QED) is 0.928. The van der Waals surface area contributed by atoms with Crippen LogP contribution in [0.2, 0.25) is 0 Å². The predicted molar refractivity (Wildman–Crippen MR) is 93.2 cm³/mol. The average molecular weight is 316 g/mol. The van der Waals surface area contributed by atoms with Crippen molar-refractivity contribution in [3.63, 3.8) is 0 Å². The van der Waals surface area contributed by atoms with Crippen LogP contribution in [0.4, 0.5) is 5.69 Å². The van der Waals surface area contributed by atoms with Crippen molar-refractivity contribution in [2.75, 3.05) is 18.4 Å². The van der Waals surface area contributed by atoms with E-state index >= 15 is 0 Å². The fraction of sp³-hybridized carbons (Fsp3) is 0.579. The van der Waals surface area contributed by atoms with Crippen molar-refractivity contribution < 1.29 is 9.59 Å². The van der Waals surface area contributed by atoms with Gasteiger partial charge >= 0.3 is 0 Å². The number of benzene rings is 1. The summed E-state index contributed by atoms with van der Waals surface area (Å²) in [7, 11) is 0. The SMILES string of the molecule is CCc1ccccc1NC(=O)[C@@H]1CCCN(C(=O)C(C)(C)C)C1. The fourth-order valence-corrected chi connectivity index (χ4v) is 3.04. The number of para-hydroxylation sites is 1. The number of hydrogen-bond acceptors (Lipinski definition) is 2. The number of rotatable bonds is 3. The predicted octanol–water partition coefficient (Wildman–Crippen LogP) is 3.47. The van der Waals surface area contributed by atoms with Gasteiger partial charge in [0.05, 0.1) is 5.92 Å². The number of likely N-dealkylation sites (tertiary alicyclic amines) is 1. The smallest absolute Gasteiger partial charge is 0.229 e. The second-order valence-corrected chi connectivity index (χ2v) is 7.34. The van der Waals surface area contributed by atoms with E-state index in [1.54, 1.807) is 0 Å². The third kappa shape index (κ3) is 4.34. The third-order valence-electron chi connectivity index (χ3n) is 4.38. The zero-order valence-electron chi connectivity index (χ0n) is 14.7. The summed E-state index contributed by atoms with van der Waals surface area (Å²) in [6.07, 6.45) is 2.61. The third-order valence-corrected chi connectivity index (χ3v) is 4.38. The van der Waals surface area contributed by atoms with Gasteiger partial charge in [-0.15, -0.1) is 0 Å². The summed E-state index contributed by atoms with van der Waals surface area (Å²) in [5.41, 5.74) is 1.63. The van der Waals surface area contributed by atoms with Gasteiger partial charge in [-0.05, 0) is 30.9 Å². The number of amides is 2. The highest BCUT2D eigenvalue weighted by Gasteiger charge is 2.33. The van der Waals surface area contributed by atoms with Gasteiger partial charge in [0.15, 0.2) is 0 Å². The van der Waals surface area contributed by atoms with Crippen LogP contribution in [0, 0.1) is 11.3 Å². The van der Waals surface area contributed by atoms with Crippen LogP contribution >= 0.6 is 0 Å². The molecule has 1 saturated heterocycles. The number of carbonyl (C=O) groups excluding carboxylic acids is 2. The molecule has 1 aliphatic rings. The highest BCUT2D eigenvalue weighted by molar-refractivity contribution is 5.94. The first-order chi connectivity index (χ1) is 10.8. The number of carbonyl (C=O) groups is 2. The van der Waals surface area contributed by atoms with Gasteiger partial charge in [-0.2, -0.15) is 0 Å². The molecule has 1 aliphatic heterocycles. The molecule has 0 bridgehead atoms. The highest BCUT2D eigenvalue weighted by atomic mass is 16.2. The lowest BCUT2D eigenvalue weighted by atomic mass is 9.91. The van der Waals surface area contributed by atoms with E-state index < -0.39 is 5.41 Å². The summed E-state index contributed by atoms with van der Waals surface area (Å²) in [6.45, 7) is 9.14. The van der Waals surface area contributed by atoms with Crippen LogP contribution in [0.5, 0.6) is 0 Å². The van der Waals surface area contributed by atoms with Crippen LogP contribution in [0.3, 0.4) is 0 Å².